The lowest BCUT2D eigenvalue weighted by Crippen LogP contribution is -1.92. The minimum atomic E-state index is 0.264. The summed E-state index contributed by atoms with van der Waals surface area (Å²) in [6.45, 7) is 8.77. The molecule has 1 heterocycles. The van der Waals surface area contributed by atoms with Crippen LogP contribution in [0.1, 0.15) is 48.5 Å². The van der Waals surface area contributed by atoms with Gasteiger partial charge < -0.3 is 4.98 Å². The molecule has 1 aliphatic rings. The fourth-order valence-electron chi connectivity index (χ4n) is 3.37. The monoisotopic (exact) mass is 274 g/mol. The lowest BCUT2D eigenvalue weighted by Gasteiger charge is -2.02. The van der Waals surface area contributed by atoms with Gasteiger partial charge in [-0.05, 0) is 42.9 Å². The number of aromatic amines is 1. The van der Waals surface area contributed by atoms with E-state index < -0.39 is 0 Å². The summed E-state index contributed by atoms with van der Waals surface area (Å²) in [7, 11) is 0. The number of nitrogens with one attached hydrogen (secondary N) is 1. The maximum Gasteiger partial charge on any atom is 0.103 e. The summed E-state index contributed by atoms with van der Waals surface area (Å²) < 4.78 is 0. The molecule has 0 saturated heterocycles. The van der Waals surface area contributed by atoms with Crippen molar-refractivity contribution in [2.24, 2.45) is 5.41 Å². The van der Waals surface area contributed by atoms with Gasteiger partial charge in [0, 0.05) is 16.6 Å². The second-order valence-electron chi connectivity index (χ2n) is 6.16. The maximum atomic E-state index is 5.97. The molecule has 1 fully saturated rings. The van der Waals surface area contributed by atoms with Crippen LogP contribution in [0.3, 0.4) is 0 Å². The highest BCUT2D eigenvalue weighted by Gasteiger charge is 2.60. The minimum absolute atomic E-state index is 0.264. The third-order valence-corrected chi connectivity index (χ3v) is 4.64. The lowest BCUT2D eigenvalue weighted by molar-refractivity contribution is 0.597. The summed E-state index contributed by atoms with van der Waals surface area (Å²) in [6.07, 6.45) is 0. The molecule has 19 heavy (non-hydrogen) atoms. The van der Waals surface area contributed by atoms with Crippen LogP contribution < -0.4 is 0 Å². The molecule has 3 heteroatoms. The molecule has 3 rings (SSSR count). The summed E-state index contributed by atoms with van der Waals surface area (Å²) in [4.78, 5) is 8.00. The first-order valence-corrected chi connectivity index (χ1v) is 7.07. The molecule has 1 aromatic carbocycles. The molecule has 0 aliphatic heterocycles. The highest BCUT2D eigenvalue weighted by molar-refractivity contribution is 6.30. The lowest BCUT2D eigenvalue weighted by atomic mass is 10.0. The van der Waals surface area contributed by atoms with Gasteiger partial charge in [0.2, 0.25) is 0 Å². The standard InChI is InChI=1S/C16H19ClN2/c1-9-15(19-10(2)18-9)14-13(16(14,3)4)11-5-7-12(17)8-6-11/h5-8,13-14H,1-4H3,(H,18,19)/t13-,14+/m1/s1. The van der Waals surface area contributed by atoms with Crippen LogP contribution in [0.15, 0.2) is 24.3 Å². The van der Waals surface area contributed by atoms with Crippen molar-refractivity contribution >= 4 is 11.6 Å². The Hall–Kier alpha value is -1.28. The number of rotatable bonds is 2. The zero-order chi connectivity index (χ0) is 13.8. The maximum absolute atomic E-state index is 5.97. The molecule has 2 nitrogen and oxygen atoms in total. The molecular weight excluding hydrogens is 256 g/mol. The predicted molar refractivity (Wildman–Crippen MR) is 78.8 cm³/mol. The number of nitrogens with zero attached hydrogens (tertiary/aromatic N) is 1. The van der Waals surface area contributed by atoms with Crippen molar-refractivity contribution in [1.82, 2.24) is 9.97 Å². The molecule has 0 amide bonds. The molecule has 2 atom stereocenters. The Morgan fingerprint density at radius 3 is 2.26 bits per heavy atom. The largest absolute Gasteiger partial charge is 0.346 e. The van der Waals surface area contributed by atoms with Gasteiger partial charge in [-0.15, -0.1) is 0 Å². The van der Waals surface area contributed by atoms with Gasteiger partial charge in [-0.3, -0.25) is 0 Å². The summed E-state index contributed by atoms with van der Waals surface area (Å²) >= 11 is 5.97. The van der Waals surface area contributed by atoms with Crippen LogP contribution in [0.2, 0.25) is 5.02 Å². The summed E-state index contributed by atoms with van der Waals surface area (Å²) in [5.41, 5.74) is 4.05. The van der Waals surface area contributed by atoms with Gasteiger partial charge in [0.05, 0.1) is 5.69 Å². The van der Waals surface area contributed by atoms with Crippen LogP contribution in [0, 0.1) is 19.3 Å². The fraction of sp³-hybridized carbons (Fsp3) is 0.438. The van der Waals surface area contributed by atoms with Crippen LogP contribution in [0.5, 0.6) is 0 Å². The number of halogens is 1. The molecular formula is C16H19ClN2. The highest BCUT2D eigenvalue weighted by Crippen LogP contribution is 2.69. The Balaban J connectivity index is 1.96. The molecule has 0 unspecified atom stereocenters. The van der Waals surface area contributed by atoms with E-state index in [1.807, 2.05) is 19.1 Å². The van der Waals surface area contributed by atoms with Crippen LogP contribution >= 0.6 is 11.6 Å². The number of H-pyrrole nitrogens is 1. The average Bonchev–Trinajstić information content (AvgIpc) is 2.73. The third kappa shape index (κ3) is 1.99. The minimum Gasteiger partial charge on any atom is -0.346 e. The van der Waals surface area contributed by atoms with Gasteiger partial charge in [0.25, 0.3) is 0 Å². The first-order valence-electron chi connectivity index (χ1n) is 6.70. The highest BCUT2D eigenvalue weighted by atomic mass is 35.5. The van der Waals surface area contributed by atoms with Gasteiger partial charge >= 0.3 is 0 Å². The molecule has 100 valence electrons. The Labute approximate surface area is 119 Å². The SMILES string of the molecule is Cc1nc([C@@H]2[C@@H](c3ccc(Cl)cc3)C2(C)C)c(C)[nH]1. The first-order chi connectivity index (χ1) is 8.91. The van der Waals surface area contributed by atoms with Crippen LogP contribution in [-0.4, -0.2) is 9.97 Å². The molecule has 0 radical (unpaired) electrons. The van der Waals surface area contributed by atoms with Crippen molar-refractivity contribution in [1.29, 1.82) is 0 Å². The van der Waals surface area contributed by atoms with E-state index in [4.69, 9.17) is 11.6 Å². The predicted octanol–water partition coefficient (Wildman–Crippen LogP) is 4.59. The van der Waals surface area contributed by atoms with Gasteiger partial charge in [-0.1, -0.05) is 37.6 Å². The number of imidazole rings is 1. The number of benzene rings is 1. The van der Waals surface area contributed by atoms with E-state index in [-0.39, 0.29) is 5.41 Å². The Kier molecular flexibility index (Phi) is 2.75. The van der Waals surface area contributed by atoms with Gasteiger partial charge in [0.1, 0.15) is 5.82 Å². The van der Waals surface area contributed by atoms with Crippen LogP contribution in [0.25, 0.3) is 0 Å². The average molecular weight is 275 g/mol. The second-order valence-corrected chi connectivity index (χ2v) is 6.60. The molecule has 0 spiro atoms. The quantitative estimate of drug-likeness (QED) is 0.853. The molecule has 1 aromatic heterocycles. The zero-order valence-corrected chi connectivity index (χ0v) is 12.5. The molecule has 1 saturated carbocycles. The van der Waals surface area contributed by atoms with E-state index in [2.05, 4.69) is 42.9 Å². The molecule has 1 N–H and O–H groups in total. The van der Waals surface area contributed by atoms with Gasteiger partial charge in [0.15, 0.2) is 0 Å². The first kappa shape index (κ1) is 12.7. The normalized spacial score (nSPS) is 24.5. The van der Waals surface area contributed by atoms with E-state index >= 15 is 0 Å². The number of hydrogen-bond donors (Lipinski definition) is 1. The van der Waals surface area contributed by atoms with Crippen LogP contribution in [-0.2, 0) is 0 Å². The number of aromatic nitrogens is 2. The molecule has 0 bridgehead atoms. The number of hydrogen-bond acceptors (Lipinski definition) is 1. The zero-order valence-electron chi connectivity index (χ0n) is 11.8. The van der Waals surface area contributed by atoms with E-state index in [0.717, 1.165) is 10.8 Å². The Morgan fingerprint density at radius 1 is 1.11 bits per heavy atom. The fourth-order valence-corrected chi connectivity index (χ4v) is 3.50. The summed E-state index contributed by atoms with van der Waals surface area (Å²) in [6, 6.07) is 8.24. The van der Waals surface area contributed by atoms with Gasteiger partial charge in [-0.25, -0.2) is 4.98 Å². The third-order valence-electron chi connectivity index (χ3n) is 4.39. The van der Waals surface area contributed by atoms with Crippen molar-refractivity contribution in [3.63, 3.8) is 0 Å². The van der Waals surface area contributed by atoms with Crippen molar-refractivity contribution < 1.29 is 0 Å². The summed E-state index contributed by atoms with van der Waals surface area (Å²) in [5.74, 6) is 2.04. The van der Waals surface area contributed by atoms with Gasteiger partial charge in [-0.2, -0.15) is 0 Å². The molecule has 2 aromatic rings. The van der Waals surface area contributed by atoms with Crippen molar-refractivity contribution in [2.75, 3.05) is 0 Å². The van der Waals surface area contributed by atoms with Crippen molar-refractivity contribution in [2.45, 2.75) is 39.5 Å². The second kappa shape index (κ2) is 4.11. The Morgan fingerprint density at radius 2 is 1.74 bits per heavy atom. The topological polar surface area (TPSA) is 28.7 Å². The van der Waals surface area contributed by atoms with E-state index in [1.165, 1.54) is 17.0 Å². The Bertz CT molecular complexity index is 610. The smallest absolute Gasteiger partial charge is 0.103 e. The van der Waals surface area contributed by atoms with Crippen LogP contribution in [0.4, 0.5) is 0 Å². The summed E-state index contributed by atoms with van der Waals surface area (Å²) in [5, 5.41) is 0.797. The van der Waals surface area contributed by atoms with Crippen molar-refractivity contribution in [3.05, 3.63) is 52.1 Å². The van der Waals surface area contributed by atoms with E-state index in [0.29, 0.717) is 11.8 Å². The van der Waals surface area contributed by atoms with E-state index in [1.54, 1.807) is 0 Å². The van der Waals surface area contributed by atoms with Crippen molar-refractivity contribution in [3.8, 4) is 0 Å². The number of aryl methyl sites for hydroxylation is 2. The van der Waals surface area contributed by atoms with E-state index in [9.17, 15) is 0 Å². The molecule has 1 aliphatic carbocycles.